The Morgan fingerprint density at radius 1 is 1.22 bits per heavy atom. The number of nitrogens with zero attached hydrogens (tertiary/aromatic N) is 1. The molecule has 1 aromatic carbocycles. The highest BCUT2D eigenvalue weighted by Crippen LogP contribution is 2.42. The molecule has 2 saturated heterocycles. The van der Waals surface area contributed by atoms with Crippen molar-refractivity contribution in [2.24, 2.45) is 0 Å². The number of carbonyl (C=O) groups is 1. The maximum absolute atomic E-state index is 11.2. The van der Waals surface area contributed by atoms with Crippen LogP contribution in [0.5, 0.6) is 0 Å². The molecule has 0 aromatic heterocycles. The Hall–Kier alpha value is -1.00. The van der Waals surface area contributed by atoms with E-state index in [1.165, 1.54) is 5.56 Å². The number of hydrogen-bond donors (Lipinski definition) is 0. The van der Waals surface area contributed by atoms with Crippen molar-refractivity contribution in [2.45, 2.75) is 24.3 Å². The Labute approximate surface area is 111 Å². The quantitative estimate of drug-likeness (QED) is 0.766. The zero-order chi connectivity index (χ0) is 12.4. The van der Waals surface area contributed by atoms with E-state index < -0.39 is 0 Å². The van der Waals surface area contributed by atoms with Crippen LogP contribution in [0.4, 0.5) is 0 Å². The fourth-order valence-electron chi connectivity index (χ4n) is 2.60. The minimum atomic E-state index is -0.204. The summed E-state index contributed by atoms with van der Waals surface area (Å²) in [4.78, 5) is 13.5. The second-order valence-electron chi connectivity index (χ2n) is 4.94. The first-order chi connectivity index (χ1) is 8.76. The van der Waals surface area contributed by atoms with E-state index in [1.807, 2.05) is 6.07 Å². The highest BCUT2D eigenvalue weighted by atomic mass is 32.2. The van der Waals surface area contributed by atoms with Crippen molar-refractivity contribution in [1.29, 1.82) is 0 Å². The molecule has 3 nitrogen and oxygen atoms in total. The lowest BCUT2D eigenvalue weighted by molar-refractivity contribution is -0.148. The maximum atomic E-state index is 11.2. The SMILES string of the molecule is O=C1CSC2(CCN(Cc3ccccc3)CC2)O1. The molecule has 2 fully saturated rings. The molecule has 18 heavy (non-hydrogen) atoms. The number of thioether (sulfide) groups is 1. The van der Waals surface area contributed by atoms with Crippen LogP contribution in [0, 0.1) is 0 Å². The van der Waals surface area contributed by atoms with Crippen molar-refractivity contribution in [3.63, 3.8) is 0 Å². The molecule has 0 N–H and O–H groups in total. The fraction of sp³-hybridized carbons (Fsp3) is 0.500. The summed E-state index contributed by atoms with van der Waals surface area (Å²) >= 11 is 1.68. The van der Waals surface area contributed by atoms with Gasteiger partial charge in [-0.2, -0.15) is 0 Å². The molecular formula is C14H17NO2S. The van der Waals surface area contributed by atoms with Crippen LogP contribution < -0.4 is 0 Å². The van der Waals surface area contributed by atoms with Gasteiger partial charge in [0, 0.05) is 32.5 Å². The molecule has 3 rings (SSSR count). The molecule has 2 heterocycles. The second kappa shape index (κ2) is 4.94. The van der Waals surface area contributed by atoms with Crippen LogP contribution in [0.1, 0.15) is 18.4 Å². The third-order valence-corrected chi connectivity index (χ3v) is 5.02. The minimum absolute atomic E-state index is 0.0449. The molecule has 4 heteroatoms. The topological polar surface area (TPSA) is 29.5 Å². The van der Waals surface area contributed by atoms with E-state index in [1.54, 1.807) is 11.8 Å². The standard InChI is InChI=1S/C14H17NO2S/c16-13-11-18-14(17-13)6-8-15(9-7-14)10-12-4-2-1-3-5-12/h1-5H,6-11H2. The van der Waals surface area contributed by atoms with Crippen LogP contribution in [0.2, 0.25) is 0 Å². The monoisotopic (exact) mass is 263 g/mol. The summed E-state index contributed by atoms with van der Waals surface area (Å²) in [6, 6.07) is 10.5. The van der Waals surface area contributed by atoms with Gasteiger partial charge in [0.15, 0.2) is 4.93 Å². The average molecular weight is 263 g/mol. The summed E-state index contributed by atoms with van der Waals surface area (Å²) < 4.78 is 5.49. The van der Waals surface area contributed by atoms with Gasteiger partial charge in [-0.15, -0.1) is 11.8 Å². The first kappa shape index (κ1) is 12.1. The molecule has 0 atom stereocenters. The van der Waals surface area contributed by atoms with E-state index in [-0.39, 0.29) is 10.9 Å². The maximum Gasteiger partial charge on any atom is 0.317 e. The number of likely N-dealkylation sites (tertiary alicyclic amines) is 1. The molecule has 0 bridgehead atoms. The van der Waals surface area contributed by atoms with E-state index in [0.29, 0.717) is 5.75 Å². The van der Waals surface area contributed by atoms with Crippen LogP contribution in [0.3, 0.4) is 0 Å². The van der Waals surface area contributed by atoms with Crippen molar-refractivity contribution >= 4 is 17.7 Å². The van der Waals surface area contributed by atoms with Crippen LogP contribution in [-0.2, 0) is 16.1 Å². The number of carbonyl (C=O) groups excluding carboxylic acids is 1. The van der Waals surface area contributed by atoms with Crippen molar-refractivity contribution in [2.75, 3.05) is 18.8 Å². The Bertz CT molecular complexity index is 427. The molecule has 0 unspecified atom stereocenters. The summed E-state index contributed by atoms with van der Waals surface area (Å²) in [6.07, 6.45) is 1.91. The highest BCUT2D eigenvalue weighted by molar-refractivity contribution is 8.01. The molecular weight excluding hydrogens is 246 g/mol. The van der Waals surface area contributed by atoms with Gasteiger partial charge in [0.05, 0.1) is 5.75 Å². The summed E-state index contributed by atoms with van der Waals surface area (Å²) in [7, 11) is 0. The van der Waals surface area contributed by atoms with E-state index in [9.17, 15) is 4.79 Å². The smallest absolute Gasteiger partial charge is 0.317 e. The van der Waals surface area contributed by atoms with Crippen LogP contribution in [-0.4, -0.2) is 34.6 Å². The number of rotatable bonds is 2. The third-order valence-electron chi connectivity index (χ3n) is 3.62. The molecule has 1 spiro atoms. The molecule has 0 radical (unpaired) electrons. The zero-order valence-electron chi connectivity index (χ0n) is 10.3. The number of piperidine rings is 1. The first-order valence-corrected chi connectivity index (χ1v) is 7.36. The van der Waals surface area contributed by atoms with Crippen molar-refractivity contribution in [1.82, 2.24) is 4.90 Å². The predicted molar refractivity (Wildman–Crippen MR) is 72.2 cm³/mol. The predicted octanol–water partition coefficient (Wildman–Crippen LogP) is 2.27. The molecule has 2 aliphatic rings. The van der Waals surface area contributed by atoms with Crippen LogP contribution >= 0.6 is 11.8 Å². The number of hydrogen-bond acceptors (Lipinski definition) is 4. The van der Waals surface area contributed by atoms with E-state index in [2.05, 4.69) is 29.2 Å². The summed E-state index contributed by atoms with van der Waals surface area (Å²) in [5, 5.41) is 0. The third kappa shape index (κ3) is 2.54. The Kier molecular flexibility index (Phi) is 3.31. The van der Waals surface area contributed by atoms with Gasteiger partial charge < -0.3 is 4.74 Å². The highest BCUT2D eigenvalue weighted by Gasteiger charge is 2.43. The molecule has 0 aliphatic carbocycles. The number of benzene rings is 1. The van der Waals surface area contributed by atoms with E-state index in [0.717, 1.165) is 32.5 Å². The second-order valence-corrected chi connectivity index (χ2v) is 6.26. The van der Waals surface area contributed by atoms with Gasteiger partial charge in [-0.1, -0.05) is 30.3 Å². The average Bonchev–Trinajstić information content (AvgIpc) is 2.75. The van der Waals surface area contributed by atoms with Crippen molar-refractivity contribution in [3.8, 4) is 0 Å². The Morgan fingerprint density at radius 2 is 1.94 bits per heavy atom. The lowest BCUT2D eigenvalue weighted by atomic mass is 10.1. The van der Waals surface area contributed by atoms with Crippen LogP contribution in [0.15, 0.2) is 30.3 Å². The van der Waals surface area contributed by atoms with E-state index >= 15 is 0 Å². The van der Waals surface area contributed by atoms with Gasteiger partial charge >= 0.3 is 5.97 Å². The van der Waals surface area contributed by atoms with Gasteiger partial charge in [-0.3, -0.25) is 9.69 Å². The summed E-state index contributed by atoms with van der Waals surface area (Å²) in [5.74, 6) is 0.482. The minimum Gasteiger partial charge on any atom is -0.447 e. The normalized spacial score (nSPS) is 23.2. The van der Waals surface area contributed by atoms with Gasteiger partial charge in [0.25, 0.3) is 0 Å². The fourth-order valence-corrected chi connectivity index (χ4v) is 3.66. The zero-order valence-corrected chi connectivity index (χ0v) is 11.1. The lowest BCUT2D eigenvalue weighted by Gasteiger charge is -2.37. The van der Waals surface area contributed by atoms with Crippen molar-refractivity contribution in [3.05, 3.63) is 35.9 Å². The summed E-state index contributed by atoms with van der Waals surface area (Å²) in [6.45, 7) is 3.01. The molecule has 2 aliphatic heterocycles. The molecule has 0 saturated carbocycles. The molecule has 0 amide bonds. The Balaban J connectivity index is 1.56. The number of esters is 1. The number of ether oxygens (including phenoxy) is 1. The van der Waals surface area contributed by atoms with Gasteiger partial charge in [-0.05, 0) is 5.56 Å². The lowest BCUT2D eigenvalue weighted by Crippen LogP contribution is -2.42. The van der Waals surface area contributed by atoms with Crippen LogP contribution in [0.25, 0.3) is 0 Å². The van der Waals surface area contributed by atoms with Crippen molar-refractivity contribution < 1.29 is 9.53 Å². The molecule has 96 valence electrons. The van der Waals surface area contributed by atoms with Gasteiger partial charge in [0.2, 0.25) is 0 Å². The summed E-state index contributed by atoms with van der Waals surface area (Å²) in [5.41, 5.74) is 1.35. The van der Waals surface area contributed by atoms with Gasteiger partial charge in [-0.25, -0.2) is 0 Å². The van der Waals surface area contributed by atoms with E-state index in [4.69, 9.17) is 4.74 Å². The molecule has 1 aromatic rings. The Morgan fingerprint density at radius 3 is 2.56 bits per heavy atom. The largest absolute Gasteiger partial charge is 0.447 e. The first-order valence-electron chi connectivity index (χ1n) is 6.38. The van der Waals surface area contributed by atoms with Gasteiger partial charge in [0.1, 0.15) is 0 Å².